The van der Waals surface area contributed by atoms with E-state index in [1.165, 1.54) is 11.0 Å². The minimum atomic E-state index is 0.114. The lowest BCUT2D eigenvalue weighted by atomic mass is 10.2. The van der Waals surface area contributed by atoms with Gasteiger partial charge in [0.1, 0.15) is 18.1 Å². The highest BCUT2D eigenvalue weighted by Crippen LogP contribution is 2.20. The largest absolute Gasteiger partial charge is 0.394 e. The van der Waals surface area contributed by atoms with Gasteiger partial charge in [-0.1, -0.05) is 13.3 Å². The summed E-state index contributed by atoms with van der Waals surface area (Å²) in [4.78, 5) is 3.84. The Hall–Kier alpha value is -2.36. The van der Waals surface area contributed by atoms with Crippen LogP contribution in [0.2, 0.25) is 0 Å². The number of aromatic nitrogens is 5. The lowest BCUT2D eigenvalue weighted by Crippen LogP contribution is -2.05. The molecule has 0 unspecified atom stereocenters. The van der Waals surface area contributed by atoms with Gasteiger partial charge in [-0.25, -0.2) is 9.67 Å². The van der Waals surface area contributed by atoms with Gasteiger partial charge in [-0.3, -0.25) is 0 Å². The average Bonchev–Trinajstić information content (AvgIpc) is 2.86. The number of nitrogens with two attached hydrogens (primary N) is 1. The van der Waals surface area contributed by atoms with Crippen LogP contribution in [0.25, 0.3) is 5.82 Å². The molecule has 0 atom stereocenters. The Kier molecular flexibility index (Phi) is 2.78. The van der Waals surface area contributed by atoms with Crippen LogP contribution < -0.4 is 5.73 Å². The average molecular weight is 231 g/mol. The van der Waals surface area contributed by atoms with E-state index in [2.05, 4.69) is 22.1 Å². The zero-order valence-corrected chi connectivity index (χ0v) is 9.75. The fraction of sp³-hybridized carbons (Fsp3) is 0.400. The smallest absolute Gasteiger partial charge is 0.252 e. The van der Waals surface area contributed by atoms with Gasteiger partial charge in [0.05, 0.1) is 5.69 Å². The predicted molar refractivity (Wildman–Crippen MR) is 61.2 cm³/mol. The molecule has 0 amide bonds. The highest BCUT2D eigenvalue weighted by Gasteiger charge is 2.15. The Labute approximate surface area is 98.5 Å². The third-order valence-electron chi connectivity index (χ3n) is 2.42. The second-order valence-electron chi connectivity index (χ2n) is 3.68. The van der Waals surface area contributed by atoms with E-state index in [0.717, 1.165) is 18.5 Å². The maximum absolute atomic E-state index is 8.68. The minimum Gasteiger partial charge on any atom is -0.394 e. The molecule has 0 aromatic carbocycles. The fourth-order valence-corrected chi connectivity index (χ4v) is 1.70. The van der Waals surface area contributed by atoms with E-state index in [0.29, 0.717) is 11.5 Å². The van der Waals surface area contributed by atoms with E-state index >= 15 is 0 Å². The Morgan fingerprint density at radius 1 is 1.47 bits per heavy atom. The lowest BCUT2D eigenvalue weighted by Gasteiger charge is -2.01. The highest BCUT2D eigenvalue weighted by molar-refractivity contribution is 5.57. The number of nitrogen functional groups attached to an aromatic ring is 1. The predicted octanol–water partition coefficient (Wildman–Crippen LogP) is 0.407. The molecule has 2 aromatic rings. The third kappa shape index (κ3) is 1.85. The molecule has 0 radical (unpaired) electrons. The van der Waals surface area contributed by atoms with Gasteiger partial charge in [-0.15, -0.1) is 5.10 Å². The van der Waals surface area contributed by atoms with Crippen molar-refractivity contribution in [3.05, 3.63) is 17.8 Å². The first-order valence-corrected chi connectivity index (χ1v) is 5.30. The summed E-state index contributed by atoms with van der Waals surface area (Å²) in [6, 6.07) is 1.87. The fourth-order valence-electron chi connectivity index (χ4n) is 1.70. The summed E-state index contributed by atoms with van der Waals surface area (Å²) in [6.07, 6.45) is 3.25. The molecule has 0 saturated carbocycles. The van der Waals surface area contributed by atoms with E-state index < -0.39 is 0 Å². The first kappa shape index (κ1) is 11.1. The van der Waals surface area contributed by atoms with Crippen molar-refractivity contribution in [2.45, 2.75) is 19.8 Å². The van der Waals surface area contributed by atoms with Crippen molar-refractivity contribution in [3.63, 3.8) is 0 Å². The van der Waals surface area contributed by atoms with Crippen molar-refractivity contribution >= 4 is 5.69 Å². The topological polar surface area (TPSA) is 98.3 Å². The van der Waals surface area contributed by atoms with E-state index in [9.17, 15) is 0 Å². The molecule has 17 heavy (non-hydrogen) atoms. The van der Waals surface area contributed by atoms with Gasteiger partial charge in [0.25, 0.3) is 5.82 Å². The maximum atomic E-state index is 8.68. The van der Waals surface area contributed by atoms with Crippen molar-refractivity contribution in [3.8, 4) is 11.9 Å². The summed E-state index contributed by atoms with van der Waals surface area (Å²) in [5.74, 6) is 0.755. The molecule has 2 rings (SSSR count). The summed E-state index contributed by atoms with van der Waals surface area (Å²) >= 11 is 0. The zero-order chi connectivity index (χ0) is 12.4. The Bertz CT molecular complexity index is 572. The van der Waals surface area contributed by atoms with Crippen LogP contribution in [0.3, 0.4) is 0 Å². The molecule has 2 aromatic heterocycles. The number of anilines is 1. The normalized spacial score (nSPS) is 10.4. The van der Waals surface area contributed by atoms with Crippen LogP contribution in [0.4, 0.5) is 5.69 Å². The summed E-state index contributed by atoms with van der Waals surface area (Å²) in [5, 5.41) is 17.0. The van der Waals surface area contributed by atoms with Crippen molar-refractivity contribution in [1.82, 2.24) is 24.5 Å². The summed E-state index contributed by atoms with van der Waals surface area (Å²) in [5.41, 5.74) is 7.45. The number of rotatable bonds is 3. The van der Waals surface area contributed by atoms with Crippen LogP contribution in [0.5, 0.6) is 0 Å². The summed E-state index contributed by atoms with van der Waals surface area (Å²) in [6.45, 7) is 2.07. The molecular weight excluding hydrogens is 218 g/mol. The second-order valence-corrected chi connectivity index (χ2v) is 3.68. The first-order chi connectivity index (χ1) is 8.17. The van der Waals surface area contributed by atoms with Crippen LogP contribution in [0, 0.1) is 11.3 Å². The van der Waals surface area contributed by atoms with E-state index in [-0.39, 0.29) is 5.82 Å². The molecule has 7 heteroatoms. The van der Waals surface area contributed by atoms with Crippen LogP contribution in [0.1, 0.15) is 24.9 Å². The number of nitrogens with zero attached hydrogens (tertiary/aromatic N) is 6. The third-order valence-corrected chi connectivity index (χ3v) is 2.42. The van der Waals surface area contributed by atoms with Gasteiger partial charge in [0.2, 0.25) is 0 Å². The van der Waals surface area contributed by atoms with Gasteiger partial charge >= 0.3 is 0 Å². The second kappa shape index (κ2) is 4.25. The molecule has 0 aliphatic heterocycles. The molecule has 0 saturated heterocycles. The molecule has 0 bridgehead atoms. The van der Waals surface area contributed by atoms with Crippen LogP contribution in [0.15, 0.2) is 6.33 Å². The number of hydrogen-bond donors (Lipinski definition) is 1. The quantitative estimate of drug-likeness (QED) is 0.824. The minimum absolute atomic E-state index is 0.114. The summed E-state index contributed by atoms with van der Waals surface area (Å²) < 4.78 is 3.12. The van der Waals surface area contributed by atoms with Crippen molar-refractivity contribution in [2.75, 3.05) is 5.73 Å². The molecule has 2 N–H and O–H groups in total. The number of aryl methyl sites for hydroxylation is 2. The van der Waals surface area contributed by atoms with Crippen molar-refractivity contribution in [1.29, 1.82) is 5.26 Å². The molecule has 7 nitrogen and oxygen atoms in total. The molecular formula is C10H13N7. The van der Waals surface area contributed by atoms with Gasteiger partial charge in [-0.05, 0) is 6.42 Å². The number of hydrogen-bond acceptors (Lipinski definition) is 5. The van der Waals surface area contributed by atoms with Crippen molar-refractivity contribution in [2.24, 2.45) is 7.05 Å². The van der Waals surface area contributed by atoms with Gasteiger partial charge in [-0.2, -0.15) is 15.0 Å². The molecule has 88 valence electrons. The molecule has 0 spiro atoms. The molecule has 0 fully saturated rings. The van der Waals surface area contributed by atoms with E-state index in [1.54, 1.807) is 11.7 Å². The highest BCUT2D eigenvalue weighted by atomic mass is 15.4. The molecule has 0 aliphatic carbocycles. The van der Waals surface area contributed by atoms with Gasteiger partial charge in [0, 0.05) is 7.05 Å². The SMILES string of the molecule is CCCc1nn(C)c(-n2cnc(C#N)n2)c1N. The first-order valence-electron chi connectivity index (χ1n) is 5.30. The Morgan fingerprint density at radius 3 is 2.82 bits per heavy atom. The number of nitriles is 1. The van der Waals surface area contributed by atoms with Crippen molar-refractivity contribution < 1.29 is 0 Å². The summed E-state index contributed by atoms with van der Waals surface area (Å²) in [7, 11) is 1.79. The van der Waals surface area contributed by atoms with E-state index in [4.69, 9.17) is 11.0 Å². The Balaban J connectivity index is 2.48. The maximum Gasteiger partial charge on any atom is 0.252 e. The van der Waals surface area contributed by atoms with Gasteiger partial charge in [0.15, 0.2) is 5.82 Å². The zero-order valence-electron chi connectivity index (χ0n) is 9.75. The van der Waals surface area contributed by atoms with Crippen LogP contribution in [-0.2, 0) is 13.5 Å². The standard InChI is InChI=1S/C10H13N7/c1-3-4-7-9(12)10(16(2)14-7)17-6-13-8(5-11)15-17/h6H,3-4,12H2,1-2H3. The monoisotopic (exact) mass is 231 g/mol. The molecule has 0 aliphatic rings. The van der Waals surface area contributed by atoms with Gasteiger partial charge < -0.3 is 5.73 Å². The van der Waals surface area contributed by atoms with Crippen LogP contribution >= 0.6 is 0 Å². The van der Waals surface area contributed by atoms with E-state index in [1.807, 2.05) is 6.07 Å². The van der Waals surface area contributed by atoms with Crippen LogP contribution in [-0.4, -0.2) is 24.5 Å². The Morgan fingerprint density at radius 2 is 2.24 bits per heavy atom. The molecule has 2 heterocycles. The lowest BCUT2D eigenvalue weighted by molar-refractivity contribution is 0.684.